The standard InChI is InChI=1S/C13H10BrN3O3/c14-8-1-6-12(15-7-8)17-13(20)16-9-2-4-10(18)11(19)5-3-9/h1-7H,(H,18,19)(H2,15,16,17,20). The first-order valence-corrected chi connectivity index (χ1v) is 6.37. The van der Waals surface area contributed by atoms with Crippen LogP contribution in [0.15, 0.2) is 51.9 Å². The van der Waals surface area contributed by atoms with E-state index in [9.17, 15) is 14.7 Å². The Balaban J connectivity index is 2.07. The van der Waals surface area contributed by atoms with Crippen molar-refractivity contribution in [3.8, 4) is 5.75 Å². The van der Waals surface area contributed by atoms with Crippen LogP contribution in [0.2, 0.25) is 0 Å². The zero-order valence-corrected chi connectivity index (χ0v) is 11.7. The molecule has 7 heteroatoms. The van der Waals surface area contributed by atoms with Crippen molar-refractivity contribution in [2.45, 2.75) is 0 Å². The van der Waals surface area contributed by atoms with Gasteiger partial charge >= 0.3 is 6.03 Å². The molecule has 0 spiro atoms. The number of carbonyl (C=O) groups is 1. The predicted molar refractivity (Wildman–Crippen MR) is 79.0 cm³/mol. The molecule has 2 amide bonds. The van der Waals surface area contributed by atoms with Crippen LogP contribution in [0.4, 0.5) is 16.3 Å². The molecular weight excluding hydrogens is 326 g/mol. The summed E-state index contributed by atoms with van der Waals surface area (Å²) in [5.41, 5.74) is -0.148. The number of aromatic hydroxyl groups is 1. The van der Waals surface area contributed by atoms with Crippen molar-refractivity contribution in [2.75, 3.05) is 10.6 Å². The third-order valence-corrected chi connectivity index (χ3v) is 2.78. The average Bonchev–Trinajstić information content (AvgIpc) is 2.57. The first-order chi connectivity index (χ1) is 9.54. The number of pyridine rings is 1. The molecule has 0 saturated carbocycles. The minimum atomic E-state index is -0.520. The highest BCUT2D eigenvalue weighted by atomic mass is 79.9. The Morgan fingerprint density at radius 2 is 1.85 bits per heavy atom. The van der Waals surface area contributed by atoms with Crippen molar-refractivity contribution in [1.29, 1.82) is 0 Å². The number of halogens is 1. The van der Waals surface area contributed by atoms with E-state index in [2.05, 4.69) is 31.5 Å². The molecule has 2 rings (SSSR count). The van der Waals surface area contributed by atoms with Crippen LogP contribution in [-0.4, -0.2) is 16.1 Å². The van der Waals surface area contributed by atoms with Gasteiger partial charge < -0.3 is 10.4 Å². The lowest BCUT2D eigenvalue weighted by atomic mass is 10.4. The van der Waals surface area contributed by atoms with Crippen LogP contribution in [-0.2, 0) is 0 Å². The summed E-state index contributed by atoms with van der Waals surface area (Å²) in [6, 6.07) is 8.09. The maximum atomic E-state index is 11.7. The third-order valence-electron chi connectivity index (χ3n) is 2.31. The van der Waals surface area contributed by atoms with Gasteiger partial charge in [0.25, 0.3) is 0 Å². The summed E-state index contributed by atoms with van der Waals surface area (Å²) in [4.78, 5) is 26.9. The lowest BCUT2D eigenvalue weighted by Crippen LogP contribution is -2.19. The molecule has 1 heterocycles. The number of nitrogens with zero attached hydrogens (tertiary/aromatic N) is 1. The second-order valence-corrected chi connectivity index (χ2v) is 4.73. The lowest BCUT2D eigenvalue weighted by Gasteiger charge is -2.05. The molecule has 20 heavy (non-hydrogen) atoms. The highest BCUT2D eigenvalue weighted by Crippen LogP contribution is 2.11. The molecule has 0 aliphatic rings. The molecule has 0 saturated heterocycles. The molecule has 1 aromatic heterocycles. The topological polar surface area (TPSA) is 91.3 Å². The monoisotopic (exact) mass is 335 g/mol. The Labute approximate surface area is 122 Å². The molecule has 1 aromatic carbocycles. The highest BCUT2D eigenvalue weighted by Gasteiger charge is 2.03. The van der Waals surface area contributed by atoms with E-state index in [1.807, 2.05) is 0 Å². The average molecular weight is 336 g/mol. The summed E-state index contributed by atoms with van der Waals surface area (Å²) in [6.07, 6.45) is 1.56. The molecule has 6 nitrogen and oxygen atoms in total. The molecule has 0 unspecified atom stereocenters. The largest absolute Gasteiger partial charge is 0.504 e. The van der Waals surface area contributed by atoms with Gasteiger partial charge in [-0.2, -0.15) is 0 Å². The summed E-state index contributed by atoms with van der Waals surface area (Å²) in [5.74, 6) is 0.00593. The van der Waals surface area contributed by atoms with Crippen LogP contribution in [0.5, 0.6) is 5.75 Å². The number of carbonyl (C=O) groups excluding carboxylic acids is 1. The first-order valence-electron chi connectivity index (χ1n) is 5.57. The summed E-state index contributed by atoms with van der Waals surface area (Å²) in [5, 5.41) is 14.3. The van der Waals surface area contributed by atoms with Crippen molar-refractivity contribution in [3.63, 3.8) is 0 Å². The van der Waals surface area contributed by atoms with E-state index in [1.54, 1.807) is 18.3 Å². The molecule has 0 aliphatic carbocycles. The Morgan fingerprint density at radius 3 is 2.55 bits per heavy atom. The lowest BCUT2D eigenvalue weighted by molar-refractivity contribution is 0.262. The van der Waals surface area contributed by atoms with E-state index in [0.29, 0.717) is 11.5 Å². The Hall–Kier alpha value is -2.41. The molecule has 0 radical (unpaired) electrons. The van der Waals surface area contributed by atoms with E-state index < -0.39 is 11.5 Å². The van der Waals surface area contributed by atoms with Gasteiger partial charge in [-0.25, -0.2) is 9.78 Å². The van der Waals surface area contributed by atoms with E-state index in [-0.39, 0.29) is 5.75 Å². The van der Waals surface area contributed by atoms with Crippen LogP contribution in [0.3, 0.4) is 0 Å². The van der Waals surface area contributed by atoms with Gasteiger partial charge in [0, 0.05) is 16.4 Å². The second-order valence-electron chi connectivity index (χ2n) is 3.81. The number of hydrogen-bond acceptors (Lipinski definition) is 4. The van der Waals surface area contributed by atoms with Crippen LogP contribution in [0.25, 0.3) is 0 Å². The predicted octanol–water partition coefficient (Wildman–Crippen LogP) is 2.55. The number of rotatable bonds is 2. The van der Waals surface area contributed by atoms with Gasteiger partial charge in [-0.3, -0.25) is 10.1 Å². The molecule has 102 valence electrons. The third kappa shape index (κ3) is 3.79. The van der Waals surface area contributed by atoms with Crippen molar-refractivity contribution >= 4 is 33.5 Å². The quantitative estimate of drug-likeness (QED) is 0.786. The molecule has 0 bridgehead atoms. The Bertz CT molecular complexity index is 689. The maximum Gasteiger partial charge on any atom is 0.324 e. The Kier molecular flexibility index (Phi) is 4.31. The minimum absolute atomic E-state index is 0.372. The van der Waals surface area contributed by atoms with Crippen molar-refractivity contribution < 1.29 is 9.90 Å². The van der Waals surface area contributed by atoms with E-state index in [4.69, 9.17) is 0 Å². The van der Waals surface area contributed by atoms with Crippen molar-refractivity contribution in [2.24, 2.45) is 0 Å². The SMILES string of the molecule is O=C(Nc1ccc(O)c(=O)cc1)Nc1ccc(Br)cn1. The van der Waals surface area contributed by atoms with Gasteiger partial charge in [-0.15, -0.1) is 0 Å². The summed E-state index contributed by atoms with van der Waals surface area (Å²) in [6.45, 7) is 0. The molecular formula is C13H10BrN3O3. The summed E-state index contributed by atoms with van der Waals surface area (Å²) in [7, 11) is 0. The van der Waals surface area contributed by atoms with Gasteiger partial charge in [0.1, 0.15) is 5.82 Å². The molecule has 3 N–H and O–H groups in total. The molecule has 0 atom stereocenters. The number of aromatic nitrogens is 1. The zero-order valence-electron chi connectivity index (χ0n) is 10.1. The molecule has 2 aromatic rings. The van der Waals surface area contributed by atoms with Crippen molar-refractivity contribution in [3.05, 3.63) is 57.3 Å². The van der Waals surface area contributed by atoms with E-state index in [1.165, 1.54) is 24.3 Å². The zero-order chi connectivity index (χ0) is 14.5. The Morgan fingerprint density at radius 1 is 1.10 bits per heavy atom. The number of anilines is 2. The fourth-order valence-corrected chi connectivity index (χ4v) is 1.60. The number of amides is 2. The normalized spacial score (nSPS) is 9.85. The van der Waals surface area contributed by atoms with Gasteiger partial charge in [0.05, 0.1) is 0 Å². The van der Waals surface area contributed by atoms with Gasteiger partial charge in [-0.1, -0.05) is 0 Å². The molecule has 0 aliphatic heterocycles. The van der Waals surface area contributed by atoms with Gasteiger partial charge in [0.2, 0.25) is 5.43 Å². The van der Waals surface area contributed by atoms with Gasteiger partial charge in [0.15, 0.2) is 5.75 Å². The van der Waals surface area contributed by atoms with Crippen LogP contribution >= 0.6 is 15.9 Å². The van der Waals surface area contributed by atoms with E-state index >= 15 is 0 Å². The second kappa shape index (κ2) is 6.16. The van der Waals surface area contributed by atoms with Crippen LogP contribution in [0.1, 0.15) is 0 Å². The number of nitrogens with one attached hydrogen (secondary N) is 2. The van der Waals surface area contributed by atoms with Gasteiger partial charge in [-0.05, 0) is 52.3 Å². The van der Waals surface area contributed by atoms with Crippen LogP contribution in [0, 0.1) is 0 Å². The fourth-order valence-electron chi connectivity index (χ4n) is 1.37. The molecule has 0 fully saturated rings. The summed E-state index contributed by atoms with van der Waals surface area (Å²) < 4.78 is 0.803. The smallest absolute Gasteiger partial charge is 0.324 e. The maximum absolute atomic E-state index is 11.7. The summed E-state index contributed by atoms with van der Waals surface area (Å²) >= 11 is 3.24. The minimum Gasteiger partial charge on any atom is -0.504 e. The highest BCUT2D eigenvalue weighted by molar-refractivity contribution is 9.10. The fraction of sp³-hybridized carbons (Fsp3) is 0. The number of urea groups is 1. The first kappa shape index (κ1) is 14.0. The van der Waals surface area contributed by atoms with Crippen LogP contribution < -0.4 is 16.1 Å². The van der Waals surface area contributed by atoms with Crippen molar-refractivity contribution in [1.82, 2.24) is 4.98 Å². The van der Waals surface area contributed by atoms with E-state index in [0.717, 1.165) is 4.47 Å². The number of hydrogen-bond donors (Lipinski definition) is 3.